The molecule has 1 aromatic rings. The molecule has 0 saturated carbocycles. The fourth-order valence-corrected chi connectivity index (χ4v) is 1.48. The molecule has 0 amide bonds. The highest BCUT2D eigenvalue weighted by molar-refractivity contribution is 9.10. The van der Waals surface area contributed by atoms with E-state index in [1.54, 1.807) is 6.20 Å². The van der Waals surface area contributed by atoms with Crippen LogP contribution < -0.4 is 16.6 Å². The maximum atomic E-state index is 8.93. The van der Waals surface area contributed by atoms with E-state index < -0.39 is 0 Å². The molecule has 0 aliphatic rings. The Balaban J connectivity index is 2.87. The lowest BCUT2D eigenvalue weighted by Gasteiger charge is -2.26. The zero-order valence-electron chi connectivity index (χ0n) is 9.29. The van der Waals surface area contributed by atoms with Gasteiger partial charge in [0.25, 0.3) is 0 Å². The number of hydrogen-bond donors (Lipinski definition) is 4. The predicted octanol–water partition coefficient (Wildman–Crippen LogP) is 1.10. The average molecular weight is 290 g/mol. The molecular weight excluding hydrogens is 274 g/mol. The highest BCUT2D eigenvalue weighted by Gasteiger charge is 2.19. The number of aromatic nitrogens is 2. The summed E-state index contributed by atoms with van der Waals surface area (Å²) < 4.78 is 0.748. The number of aliphatic hydroxyl groups is 1. The summed E-state index contributed by atoms with van der Waals surface area (Å²) in [5.41, 5.74) is 2.13. The van der Waals surface area contributed by atoms with Gasteiger partial charge in [0.15, 0.2) is 0 Å². The summed E-state index contributed by atoms with van der Waals surface area (Å²) in [7, 11) is 0. The van der Waals surface area contributed by atoms with Gasteiger partial charge in [-0.05, 0) is 36.2 Å². The third-order valence-electron chi connectivity index (χ3n) is 2.07. The van der Waals surface area contributed by atoms with Crippen LogP contribution in [0.4, 0.5) is 11.8 Å². The minimum Gasteiger partial charge on any atom is -0.396 e. The van der Waals surface area contributed by atoms with Crippen LogP contribution in [0.3, 0.4) is 0 Å². The maximum absolute atomic E-state index is 8.93. The van der Waals surface area contributed by atoms with Gasteiger partial charge >= 0.3 is 0 Å². The van der Waals surface area contributed by atoms with Gasteiger partial charge in [-0.25, -0.2) is 10.8 Å². The number of halogens is 1. The summed E-state index contributed by atoms with van der Waals surface area (Å²) in [6.07, 6.45) is 2.23. The topological polar surface area (TPSA) is 96.1 Å². The van der Waals surface area contributed by atoms with Crippen molar-refractivity contribution in [3.63, 3.8) is 0 Å². The molecule has 1 rings (SSSR count). The lowest BCUT2D eigenvalue weighted by Crippen LogP contribution is -2.32. The molecular formula is C9H16BrN5O. The number of hydrogen-bond acceptors (Lipinski definition) is 6. The standard InChI is InChI=1S/C9H16BrN5O/c1-9(2,3-4-16)14-7-6(10)5-12-8(13-7)15-11/h5,16H,3-4,11H2,1-2H3,(H2,12,13,14,15). The normalized spacial score (nSPS) is 11.3. The van der Waals surface area contributed by atoms with Crippen LogP contribution in [0.2, 0.25) is 0 Å². The first-order valence-electron chi connectivity index (χ1n) is 4.87. The molecule has 0 bridgehead atoms. The smallest absolute Gasteiger partial charge is 0.239 e. The second-order valence-corrected chi connectivity index (χ2v) is 4.87. The summed E-state index contributed by atoms with van der Waals surface area (Å²) >= 11 is 3.34. The van der Waals surface area contributed by atoms with Crippen molar-refractivity contribution in [2.75, 3.05) is 17.3 Å². The van der Waals surface area contributed by atoms with Gasteiger partial charge in [-0.15, -0.1) is 0 Å². The van der Waals surface area contributed by atoms with Gasteiger partial charge in [0.1, 0.15) is 5.82 Å². The van der Waals surface area contributed by atoms with Crippen molar-refractivity contribution < 1.29 is 5.11 Å². The first-order chi connectivity index (χ1) is 7.48. The number of hydrazine groups is 1. The fourth-order valence-electron chi connectivity index (χ4n) is 1.19. The Hall–Kier alpha value is -0.920. The molecule has 90 valence electrons. The van der Waals surface area contributed by atoms with Crippen molar-refractivity contribution >= 4 is 27.7 Å². The Morgan fingerprint density at radius 3 is 2.81 bits per heavy atom. The van der Waals surface area contributed by atoms with Crippen LogP contribution in [-0.4, -0.2) is 27.2 Å². The van der Waals surface area contributed by atoms with Gasteiger partial charge in [-0.1, -0.05) is 0 Å². The Morgan fingerprint density at radius 1 is 1.56 bits per heavy atom. The Kier molecular flexibility index (Phi) is 4.45. The lowest BCUT2D eigenvalue weighted by atomic mass is 10.0. The number of aliphatic hydroxyl groups excluding tert-OH is 1. The number of nitrogens with one attached hydrogen (secondary N) is 2. The fraction of sp³-hybridized carbons (Fsp3) is 0.556. The number of nitrogens with zero attached hydrogens (tertiary/aromatic N) is 2. The summed E-state index contributed by atoms with van der Waals surface area (Å²) in [5, 5.41) is 12.1. The monoisotopic (exact) mass is 289 g/mol. The molecule has 0 aliphatic heterocycles. The Bertz CT molecular complexity index is 358. The van der Waals surface area contributed by atoms with Gasteiger partial charge in [-0.3, -0.25) is 5.43 Å². The van der Waals surface area contributed by atoms with Gasteiger partial charge in [0.05, 0.1) is 4.47 Å². The summed E-state index contributed by atoms with van der Waals surface area (Å²) in [6, 6.07) is 0. The van der Waals surface area contributed by atoms with Gasteiger partial charge < -0.3 is 10.4 Å². The highest BCUT2D eigenvalue weighted by atomic mass is 79.9. The highest BCUT2D eigenvalue weighted by Crippen LogP contribution is 2.24. The zero-order valence-corrected chi connectivity index (χ0v) is 10.9. The molecule has 0 fully saturated rings. The van der Waals surface area contributed by atoms with Crippen LogP contribution in [0.15, 0.2) is 10.7 Å². The molecule has 6 nitrogen and oxygen atoms in total. The van der Waals surface area contributed by atoms with E-state index in [2.05, 4.69) is 36.6 Å². The molecule has 0 aliphatic carbocycles. The van der Waals surface area contributed by atoms with E-state index in [1.807, 2.05) is 13.8 Å². The first kappa shape index (κ1) is 13.1. The van der Waals surface area contributed by atoms with E-state index in [0.717, 1.165) is 4.47 Å². The molecule has 0 aromatic carbocycles. The van der Waals surface area contributed by atoms with Crippen molar-refractivity contribution in [3.05, 3.63) is 10.7 Å². The molecule has 5 N–H and O–H groups in total. The van der Waals surface area contributed by atoms with Gasteiger partial charge in [0.2, 0.25) is 5.95 Å². The first-order valence-corrected chi connectivity index (χ1v) is 5.66. The van der Waals surface area contributed by atoms with E-state index in [-0.39, 0.29) is 12.1 Å². The zero-order chi connectivity index (χ0) is 12.2. The van der Waals surface area contributed by atoms with Crippen LogP contribution in [0.1, 0.15) is 20.3 Å². The SMILES string of the molecule is CC(C)(CCO)Nc1nc(NN)ncc1Br. The minimum absolute atomic E-state index is 0.116. The molecule has 0 saturated heterocycles. The molecule has 1 aromatic heterocycles. The van der Waals surface area contributed by atoms with Crippen LogP contribution in [0.5, 0.6) is 0 Å². The Morgan fingerprint density at radius 2 is 2.25 bits per heavy atom. The summed E-state index contributed by atoms with van der Waals surface area (Å²) in [4.78, 5) is 8.12. The minimum atomic E-state index is -0.252. The van der Waals surface area contributed by atoms with Crippen molar-refractivity contribution in [2.24, 2.45) is 5.84 Å². The molecule has 0 atom stereocenters. The Labute approximate surface area is 103 Å². The van der Waals surface area contributed by atoms with E-state index >= 15 is 0 Å². The molecule has 0 unspecified atom stereocenters. The van der Waals surface area contributed by atoms with Crippen molar-refractivity contribution in [1.82, 2.24) is 9.97 Å². The van der Waals surface area contributed by atoms with E-state index in [1.165, 1.54) is 0 Å². The second-order valence-electron chi connectivity index (χ2n) is 4.02. The lowest BCUT2D eigenvalue weighted by molar-refractivity contribution is 0.260. The molecule has 0 radical (unpaired) electrons. The number of anilines is 2. The molecule has 1 heterocycles. The van der Waals surface area contributed by atoms with E-state index in [9.17, 15) is 0 Å². The molecule has 16 heavy (non-hydrogen) atoms. The van der Waals surface area contributed by atoms with Crippen molar-refractivity contribution in [1.29, 1.82) is 0 Å². The third kappa shape index (κ3) is 3.58. The van der Waals surface area contributed by atoms with E-state index in [4.69, 9.17) is 10.9 Å². The largest absolute Gasteiger partial charge is 0.396 e. The second kappa shape index (κ2) is 5.42. The van der Waals surface area contributed by atoms with Crippen LogP contribution in [-0.2, 0) is 0 Å². The number of rotatable bonds is 5. The van der Waals surface area contributed by atoms with Crippen LogP contribution in [0.25, 0.3) is 0 Å². The molecule has 0 spiro atoms. The number of nitrogen functional groups attached to an aromatic ring is 1. The third-order valence-corrected chi connectivity index (χ3v) is 2.65. The number of nitrogens with two attached hydrogens (primary N) is 1. The van der Waals surface area contributed by atoms with Crippen LogP contribution in [0, 0.1) is 0 Å². The predicted molar refractivity (Wildman–Crippen MR) is 66.9 cm³/mol. The van der Waals surface area contributed by atoms with E-state index in [0.29, 0.717) is 18.2 Å². The van der Waals surface area contributed by atoms with Crippen molar-refractivity contribution in [2.45, 2.75) is 25.8 Å². The van der Waals surface area contributed by atoms with Crippen molar-refractivity contribution in [3.8, 4) is 0 Å². The maximum Gasteiger partial charge on any atom is 0.239 e. The van der Waals surface area contributed by atoms with Crippen LogP contribution >= 0.6 is 15.9 Å². The quantitative estimate of drug-likeness (QED) is 0.479. The summed E-state index contributed by atoms with van der Waals surface area (Å²) in [6.45, 7) is 4.07. The van der Waals surface area contributed by atoms with Gasteiger partial charge in [-0.2, -0.15) is 4.98 Å². The average Bonchev–Trinajstić information content (AvgIpc) is 2.21. The van der Waals surface area contributed by atoms with Gasteiger partial charge in [0, 0.05) is 18.3 Å². The molecule has 7 heteroatoms. The summed E-state index contributed by atoms with van der Waals surface area (Å²) in [5.74, 6) is 6.21.